The first-order valence-electron chi connectivity index (χ1n) is 7.29. The maximum Gasteiger partial charge on any atom is 0.220 e. The number of amides is 1. The highest BCUT2D eigenvalue weighted by molar-refractivity contribution is 5.76. The summed E-state index contributed by atoms with van der Waals surface area (Å²) in [7, 11) is 0. The van der Waals surface area contributed by atoms with Crippen molar-refractivity contribution in [3.63, 3.8) is 0 Å². The summed E-state index contributed by atoms with van der Waals surface area (Å²) >= 11 is 0. The fraction of sp³-hybridized carbons (Fsp3) is 0.857. The van der Waals surface area contributed by atoms with Crippen molar-refractivity contribution in [2.75, 3.05) is 26.2 Å². The minimum Gasteiger partial charge on any atom is -0.369 e. The van der Waals surface area contributed by atoms with Crippen LogP contribution in [-0.4, -0.2) is 42.5 Å². The number of nitriles is 1. The summed E-state index contributed by atoms with van der Waals surface area (Å²) in [5.74, 6) is 0.333. The standard InChI is InChI=1S/C14H24N4O/c1-2-17-14(9-15,12-3-4-12)10-18-7-5-11(6-8-18)13(16)19/h11-12,17H,2-8,10H2,1H3,(H2,16,19). The number of carbonyl (C=O) groups excluding carboxylic acids is 1. The van der Waals surface area contributed by atoms with Crippen molar-refractivity contribution in [1.29, 1.82) is 5.26 Å². The van der Waals surface area contributed by atoms with Gasteiger partial charge in [-0.05, 0) is 51.2 Å². The number of likely N-dealkylation sites (N-methyl/N-ethyl adjacent to an activating group) is 1. The zero-order valence-corrected chi connectivity index (χ0v) is 11.7. The molecule has 1 heterocycles. The van der Waals surface area contributed by atoms with Crippen molar-refractivity contribution >= 4 is 5.91 Å². The zero-order chi connectivity index (χ0) is 13.9. The number of likely N-dealkylation sites (tertiary alicyclic amines) is 1. The Morgan fingerprint density at radius 2 is 2.05 bits per heavy atom. The SMILES string of the molecule is CCNC(C#N)(CN1CCC(C(N)=O)CC1)C1CC1. The van der Waals surface area contributed by atoms with Crippen LogP contribution < -0.4 is 11.1 Å². The van der Waals surface area contributed by atoms with Crippen LogP contribution in [0.25, 0.3) is 0 Å². The summed E-state index contributed by atoms with van der Waals surface area (Å²) in [4.78, 5) is 13.5. The lowest BCUT2D eigenvalue weighted by atomic mass is 9.91. The van der Waals surface area contributed by atoms with Gasteiger partial charge in [-0.2, -0.15) is 5.26 Å². The minimum atomic E-state index is -0.395. The third-order valence-electron chi connectivity index (χ3n) is 4.43. The van der Waals surface area contributed by atoms with Crippen LogP contribution >= 0.6 is 0 Å². The third kappa shape index (κ3) is 3.26. The molecule has 3 N–H and O–H groups in total. The molecule has 1 amide bonds. The fourth-order valence-corrected chi connectivity index (χ4v) is 3.12. The van der Waals surface area contributed by atoms with Crippen molar-refractivity contribution < 1.29 is 4.79 Å². The maximum atomic E-state index is 11.2. The van der Waals surface area contributed by atoms with Crippen LogP contribution in [0.1, 0.15) is 32.6 Å². The van der Waals surface area contributed by atoms with E-state index >= 15 is 0 Å². The molecule has 0 aromatic rings. The molecule has 5 nitrogen and oxygen atoms in total. The van der Waals surface area contributed by atoms with Gasteiger partial charge < -0.3 is 10.6 Å². The molecule has 19 heavy (non-hydrogen) atoms. The molecule has 1 aliphatic heterocycles. The second-order valence-corrected chi connectivity index (χ2v) is 5.84. The van der Waals surface area contributed by atoms with Crippen LogP contribution in [0.5, 0.6) is 0 Å². The minimum absolute atomic E-state index is 0.0211. The van der Waals surface area contributed by atoms with Crippen LogP contribution in [0, 0.1) is 23.2 Å². The number of primary amides is 1. The number of nitrogens with zero attached hydrogens (tertiary/aromatic N) is 2. The average molecular weight is 264 g/mol. The molecule has 106 valence electrons. The van der Waals surface area contributed by atoms with E-state index in [9.17, 15) is 10.1 Å². The summed E-state index contributed by atoms with van der Waals surface area (Å²) in [6.07, 6.45) is 3.96. The summed E-state index contributed by atoms with van der Waals surface area (Å²) in [5, 5.41) is 13.0. The van der Waals surface area contributed by atoms with Gasteiger partial charge in [-0.15, -0.1) is 0 Å². The van der Waals surface area contributed by atoms with Gasteiger partial charge in [0.1, 0.15) is 5.54 Å². The molecule has 1 atom stereocenters. The van der Waals surface area contributed by atoms with E-state index in [0.29, 0.717) is 5.92 Å². The van der Waals surface area contributed by atoms with E-state index in [1.807, 2.05) is 6.92 Å². The van der Waals surface area contributed by atoms with Gasteiger partial charge in [-0.1, -0.05) is 6.92 Å². The van der Waals surface area contributed by atoms with Gasteiger partial charge in [0.05, 0.1) is 6.07 Å². The highest BCUT2D eigenvalue weighted by atomic mass is 16.1. The van der Waals surface area contributed by atoms with Crippen molar-refractivity contribution in [3.8, 4) is 6.07 Å². The smallest absolute Gasteiger partial charge is 0.220 e. The molecule has 1 unspecified atom stereocenters. The molecule has 0 radical (unpaired) electrons. The number of nitrogens with two attached hydrogens (primary N) is 1. The predicted molar refractivity (Wildman–Crippen MR) is 73.1 cm³/mol. The Balaban J connectivity index is 1.92. The molecule has 0 spiro atoms. The topological polar surface area (TPSA) is 82.2 Å². The molecule has 2 rings (SSSR count). The number of hydrogen-bond acceptors (Lipinski definition) is 4. The molecule has 1 saturated heterocycles. The average Bonchev–Trinajstić information content (AvgIpc) is 3.23. The first-order valence-corrected chi connectivity index (χ1v) is 7.29. The molecule has 0 bridgehead atoms. The van der Waals surface area contributed by atoms with E-state index in [-0.39, 0.29) is 11.8 Å². The van der Waals surface area contributed by atoms with E-state index < -0.39 is 5.54 Å². The monoisotopic (exact) mass is 264 g/mol. The van der Waals surface area contributed by atoms with Gasteiger partial charge in [0, 0.05) is 12.5 Å². The Bertz CT molecular complexity index is 366. The lowest BCUT2D eigenvalue weighted by Gasteiger charge is -2.37. The van der Waals surface area contributed by atoms with E-state index in [2.05, 4.69) is 16.3 Å². The molecule has 0 aromatic carbocycles. The number of hydrogen-bond donors (Lipinski definition) is 2. The number of nitrogens with one attached hydrogen (secondary N) is 1. The van der Waals surface area contributed by atoms with Gasteiger partial charge in [0.15, 0.2) is 0 Å². The second kappa shape index (κ2) is 5.89. The predicted octanol–water partition coefficient (Wildman–Crippen LogP) is 0.466. The van der Waals surface area contributed by atoms with E-state index in [1.165, 1.54) is 0 Å². The summed E-state index contributed by atoms with van der Waals surface area (Å²) < 4.78 is 0. The van der Waals surface area contributed by atoms with Crippen molar-refractivity contribution in [2.24, 2.45) is 17.6 Å². The van der Waals surface area contributed by atoms with Gasteiger partial charge >= 0.3 is 0 Å². The molecular formula is C14H24N4O. The van der Waals surface area contributed by atoms with E-state index in [0.717, 1.165) is 51.9 Å². The molecule has 1 aliphatic carbocycles. The largest absolute Gasteiger partial charge is 0.369 e. The summed E-state index contributed by atoms with van der Waals surface area (Å²) in [6.45, 7) is 5.38. The van der Waals surface area contributed by atoms with Crippen molar-refractivity contribution in [2.45, 2.75) is 38.1 Å². The van der Waals surface area contributed by atoms with Crippen LogP contribution in [0.4, 0.5) is 0 Å². The maximum absolute atomic E-state index is 11.2. The van der Waals surface area contributed by atoms with Crippen LogP contribution in [0.15, 0.2) is 0 Å². The van der Waals surface area contributed by atoms with Crippen LogP contribution in [0.3, 0.4) is 0 Å². The van der Waals surface area contributed by atoms with Gasteiger partial charge in [-0.25, -0.2) is 0 Å². The Hall–Kier alpha value is -1.12. The number of rotatable bonds is 6. The van der Waals surface area contributed by atoms with Gasteiger partial charge in [-0.3, -0.25) is 10.1 Å². The number of carbonyl (C=O) groups is 1. The molecule has 0 aromatic heterocycles. The van der Waals surface area contributed by atoms with Gasteiger partial charge in [0.25, 0.3) is 0 Å². The fourth-order valence-electron chi connectivity index (χ4n) is 3.12. The molecular weight excluding hydrogens is 240 g/mol. The normalized spacial score (nSPS) is 24.6. The lowest BCUT2D eigenvalue weighted by Crippen LogP contribution is -2.55. The van der Waals surface area contributed by atoms with Crippen molar-refractivity contribution in [1.82, 2.24) is 10.2 Å². The highest BCUT2D eigenvalue weighted by Crippen LogP contribution is 2.40. The summed E-state index contributed by atoms with van der Waals surface area (Å²) in [5.41, 5.74) is 4.96. The molecule has 2 aliphatic rings. The molecule has 1 saturated carbocycles. The van der Waals surface area contributed by atoms with Gasteiger partial charge in [0.2, 0.25) is 5.91 Å². The zero-order valence-electron chi connectivity index (χ0n) is 11.7. The lowest BCUT2D eigenvalue weighted by molar-refractivity contribution is -0.123. The molecule has 2 fully saturated rings. The van der Waals surface area contributed by atoms with Crippen LogP contribution in [-0.2, 0) is 4.79 Å². The highest BCUT2D eigenvalue weighted by Gasteiger charge is 2.46. The Labute approximate surface area is 115 Å². The Morgan fingerprint density at radius 3 is 2.47 bits per heavy atom. The van der Waals surface area contributed by atoms with E-state index in [1.54, 1.807) is 0 Å². The summed E-state index contributed by atoms with van der Waals surface area (Å²) in [6, 6.07) is 2.52. The van der Waals surface area contributed by atoms with Crippen molar-refractivity contribution in [3.05, 3.63) is 0 Å². The number of piperidine rings is 1. The van der Waals surface area contributed by atoms with E-state index in [4.69, 9.17) is 5.73 Å². The first kappa shape index (κ1) is 14.3. The van der Waals surface area contributed by atoms with Crippen LogP contribution in [0.2, 0.25) is 0 Å². The Morgan fingerprint density at radius 1 is 1.42 bits per heavy atom. The molecule has 5 heteroatoms. The Kier molecular flexibility index (Phi) is 4.43. The third-order valence-corrected chi connectivity index (χ3v) is 4.43. The second-order valence-electron chi connectivity index (χ2n) is 5.84. The quantitative estimate of drug-likeness (QED) is 0.730. The first-order chi connectivity index (χ1) is 9.11.